The fraction of sp³-hybridized carbons (Fsp3) is 0.217. The number of hydrogen-bond acceptors (Lipinski definition) is 5. The molecule has 3 aromatic rings. The fourth-order valence-electron chi connectivity index (χ4n) is 3.39. The number of ether oxygens (including phenoxy) is 3. The Hall–Kier alpha value is -3.66. The zero-order valence-electron chi connectivity index (χ0n) is 18.0. The number of pyridine rings is 1. The Kier molecular flexibility index (Phi) is 6.18. The number of halogens is 4. The summed E-state index contributed by atoms with van der Waals surface area (Å²) in [6, 6.07) is 11.0. The van der Waals surface area contributed by atoms with E-state index in [-0.39, 0.29) is 27.9 Å². The maximum absolute atomic E-state index is 12.5. The number of para-hydroxylation sites is 1. The number of rotatable bonds is 5. The van der Waals surface area contributed by atoms with Crippen LogP contribution in [-0.2, 0) is 6.42 Å². The van der Waals surface area contributed by atoms with Crippen LogP contribution in [0, 0.1) is 0 Å². The lowest BCUT2D eigenvalue weighted by molar-refractivity contribution is -0.274. The summed E-state index contributed by atoms with van der Waals surface area (Å²) >= 11 is 6.04. The van der Waals surface area contributed by atoms with Crippen LogP contribution in [0.5, 0.6) is 23.1 Å². The second kappa shape index (κ2) is 8.94. The lowest BCUT2D eigenvalue weighted by atomic mass is 10.0. The highest BCUT2D eigenvalue weighted by Gasteiger charge is 2.33. The van der Waals surface area contributed by atoms with E-state index in [9.17, 15) is 18.0 Å². The number of carbonyl (C=O) groups excluding carboxylic acids is 1. The summed E-state index contributed by atoms with van der Waals surface area (Å²) in [5.41, 5.74) is 1.02. The van der Waals surface area contributed by atoms with E-state index in [1.807, 2.05) is 26.0 Å². The van der Waals surface area contributed by atoms with Gasteiger partial charge in [-0.2, -0.15) is 0 Å². The molecule has 1 aliphatic rings. The number of nitrogens with one attached hydrogen (secondary N) is 2. The van der Waals surface area contributed by atoms with Crippen LogP contribution in [0.3, 0.4) is 0 Å². The number of anilines is 2. The van der Waals surface area contributed by atoms with Crippen molar-refractivity contribution >= 4 is 29.0 Å². The van der Waals surface area contributed by atoms with Gasteiger partial charge < -0.3 is 24.8 Å². The molecule has 0 radical (unpaired) electrons. The molecule has 4 rings (SSSR count). The van der Waals surface area contributed by atoms with Crippen LogP contribution in [0.4, 0.5) is 29.3 Å². The Balaban J connectivity index is 1.48. The molecule has 7 nitrogen and oxygen atoms in total. The average molecular weight is 494 g/mol. The summed E-state index contributed by atoms with van der Waals surface area (Å²) in [5.74, 6) is 0.701. The molecule has 178 valence electrons. The van der Waals surface area contributed by atoms with E-state index in [0.717, 1.165) is 17.7 Å². The number of benzene rings is 2. The molecule has 0 spiro atoms. The molecule has 2 heterocycles. The highest BCUT2D eigenvalue weighted by atomic mass is 35.5. The van der Waals surface area contributed by atoms with Crippen molar-refractivity contribution in [1.82, 2.24) is 4.98 Å². The Morgan fingerprint density at radius 2 is 1.88 bits per heavy atom. The topological polar surface area (TPSA) is 81.7 Å². The van der Waals surface area contributed by atoms with Crippen LogP contribution in [0.1, 0.15) is 19.4 Å². The molecule has 2 amide bonds. The van der Waals surface area contributed by atoms with Crippen LogP contribution in [-0.4, -0.2) is 23.0 Å². The SMILES string of the molecule is CC1(C)Cc2cccc(Oc3ncc(Cl)cc3NC(=O)Nc3ccc(OC(F)(F)F)cc3)c2O1. The van der Waals surface area contributed by atoms with Gasteiger partial charge in [-0.05, 0) is 50.2 Å². The number of alkyl halides is 3. The summed E-state index contributed by atoms with van der Waals surface area (Å²) in [7, 11) is 0. The smallest absolute Gasteiger partial charge is 0.483 e. The molecule has 0 unspecified atom stereocenters. The van der Waals surface area contributed by atoms with Gasteiger partial charge in [0.2, 0.25) is 5.88 Å². The van der Waals surface area contributed by atoms with Gasteiger partial charge in [0, 0.05) is 23.9 Å². The predicted octanol–water partition coefficient (Wildman–Crippen LogP) is 6.78. The minimum absolute atomic E-state index is 0.0789. The molecule has 2 N–H and O–H groups in total. The maximum Gasteiger partial charge on any atom is 0.573 e. The Labute approximate surface area is 197 Å². The minimum atomic E-state index is -4.80. The van der Waals surface area contributed by atoms with Gasteiger partial charge in [0.15, 0.2) is 11.5 Å². The van der Waals surface area contributed by atoms with Crippen molar-refractivity contribution in [3.8, 4) is 23.1 Å². The lowest BCUT2D eigenvalue weighted by Gasteiger charge is -2.18. The standard InChI is InChI=1S/C23H19ClF3N3O4/c1-22(2)11-13-4-3-5-18(19(13)34-22)32-20-17(10-14(24)12-28-20)30-21(31)29-15-6-8-16(9-7-15)33-23(25,26)27/h3-10,12H,11H2,1-2H3,(H2,29,30,31). The number of nitrogens with zero attached hydrogens (tertiary/aromatic N) is 1. The van der Waals surface area contributed by atoms with E-state index in [2.05, 4.69) is 20.4 Å². The van der Waals surface area contributed by atoms with Gasteiger partial charge >= 0.3 is 12.4 Å². The predicted molar refractivity (Wildman–Crippen MR) is 120 cm³/mol. The molecule has 1 aliphatic heterocycles. The summed E-state index contributed by atoms with van der Waals surface area (Å²) in [6.45, 7) is 3.94. The van der Waals surface area contributed by atoms with E-state index in [1.54, 1.807) is 6.07 Å². The van der Waals surface area contributed by atoms with Gasteiger partial charge in [-0.1, -0.05) is 23.7 Å². The van der Waals surface area contributed by atoms with Crippen molar-refractivity contribution in [2.45, 2.75) is 32.2 Å². The van der Waals surface area contributed by atoms with Gasteiger partial charge in [0.25, 0.3) is 0 Å². The summed E-state index contributed by atoms with van der Waals surface area (Å²) < 4.78 is 52.6. The van der Waals surface area contributed by atoms with Crippen LogP contribution in [0.25, 0.3) is 0 Å². The number of fused-ring (bicyclic) bond motifs is 1. The molecule has 0 aliphatic carbocycles. The third-order valence-electron chi connectivity index (χ3n) is 4.67. The third kappa shape index (κ3) is 5.82. The van der Waals surface area contributed by atoms with Crippen molar-refractivity contribution < 1.29 is 32.2 Å². The molecule has 1 aromatic heterocycles. The van der Waals surface area contributed by atoms with Crippen LogP contribution in [0.15, 0.2) is 54.7 Å². The van der Waals surface area contributed by atoms with E-state index in [0.29, 0.717) is 17.9 Å². The summed E-state index contributed by atoms with van der Waals surface area (Å²) in [4.78, 5) is 16.7. The fourth-order valence-corrected chi connectivity index (χ4v) is 3.55. The van der Waals surface area contributed by atoms with E-state index < -0.39 is 18.1 Å². The lowest BCUT2D eigenvalue weighted by Crippen LogP contribution is -2.24. The Bertz CT molecular complexity index is 1220. The van der Waals surface area contributed by atoms with Crippen molar-refractivity contribution in [3.63, 3.8) is 0 Å². The average Bonchev–Trinajstić information content (AvgIpc) is 3.05. The number of hydrogen-bond donors (Lipinski definition) is 2. The van der Waals surface area contributed by atoms with Gasteiger partial charge in [-0.3, -0.25) is 0 Å². The van der Waals surface area contributed by atoms with Gasteiger partial charge in [-0.25, -0.2) is 9.78 Å². The monoisotopic (exact) mass is 493 g/mol. The van der Waals surface area contributed by atoms with Gasteiger partial charge in [0.05, 0.1) is 5.02 Å². The van der Waals surface area contributed by atoms with E-state index in [1.165, 1.54) is 24.4 Å². The zero-order chi connectivity index (χ0) is 24.5. The molecular formula is C23H19ClF3N3O4. The van der Waals surface area contributed by atoms with Crippen molar-refractivity contribution in [1.29, 1.82) is 0 Å². The molecule has 11 heteroatoms. The summed E-state index contributed by atoms with van der Waals surface area (Å²) in [6.07, 6.45) is -2.72. The molecule has 0 fully saturated rings. The summed E-state index contributed by atoms with van der Waals surface area (Å²) in [5, 5.41) is 5.34. The highest BCUT2D eigenvalue weighted by molar-refractivity contribution is 6.30. The molecule has 0 saturated carbocycles. The first kappa shape index (κ1) is 23.5. The minimum Gasteiger partial charge on any atom is -0.483 e. The third-order valence-corrected chi connectivity index (χ3v) is 4.88. The van der Waals surface area contributed by atoms with Gasteiger partial charge in [-0.15, -0.1) is 13.2 Å². The van der Waals surface area contributed by atoms with Crippen LogP contribution >= 0.6 is 11.6 Å². The normalized spacial score (nSPS) is 14.1. The zero-order valence-corrected chi connectivity index (χ0v) is 18.8. The molecule has 34 heavy (non-hydrogen) atoms. The van der Waals surface area contributed by atoms with Crippen molar-refractivity contribution in [2.75, 3.05) is 10.6 Å². The first-order chi connectivity index (χ1) is 16.0. The van der Waals surface area contributed by atoms with Crippen molar-refractivity contribution in [2.24, 2.45) is 0 Å². The molecule has 0 saturated heterocycles. The largest absolute Gasteiger partial charge is 0.573 e. The Morgan fingerprint density at radius 3 is 2.59 bits per heavy atom. The quantitative estimate of drug-likeness (QED) is 0.409. The molecule has 2 aromatic carbocycles. The maximum atomic E-state index is 12.5. The van der Waals surface area contributed by atoms with Crippen molar-refractivity contribution in [3.05, 3.63) is 65.3 Å². The first-order valence-electron chi connectivity index (χ1n) is 10.1. The number of aromatic nitrogens is 1. The van der Waals surface area contributed by atoms with E-state index in [4.69, 9.17) is 21.1 Å². The number of amides is 2. The second-order valence-electron chi connectivity index (χ2n) is 8.04. The molecule has 0 bridgehead atoms. The number of urea groups is 1. The van der Waals surface area contributed by atoms with Gasteiger partial charge in [0.1, 0.15) is 17.0 Å². The second-order valence-corrected chi connectivity index (χ2v) is 8.48. The van der Waals surface area contributed by atoms with Crippen LogP contribution < -0.4 is 24.8 Å². The van der Waals surface area contributed by atoms with E-state index >= 15 is 0 Å². The number of carbonyl (C=O) groups is 1. The van der Waals surface area contributed by atoms with Crippen LogP contribution in [0.2, 0.25) is 5.02 Å². The first-order valence-corrected chi connectivity index (χ1v) is 10.4. The molecule has 0 atom stereocenters. The Morgan fingerprint density at radius 1 is 1.15 bits per heavy atom. The molecular weight excluding hydrogens is 475 g/mol. The highest BCUT2D eigenvalue weighted by Crippen LogP contribution is 2.44.